The highest BCUT2D eigenvalue weighted by Gasteiger charge is 2.33. The highest BCUT2D eigenvalue weighted by atomic mass is 79.9. The second kappa shape index (κ2) is 5.22. The molecule has 1 aliphatic rings. The summed E-state index contributed by atoms with van der Waals surface area (Å²) in [6, 6.07) is 14.4. The van der Waals surface area contributed by atoms with Gasteiger partial charge in [-0.15, -0.1) is 0 Å². The molecule has 1 aliphatic carbocycles. The summed E-state index contributed by atoms with van der Waals surface area (Å²) in [5.41, 5.74) is 6.22. The minimum atomic E-state index is 0.108. The van der Waals surface area contributed by atoms with Gasteiger partial charge in [0.2, 0.25) is 0 Å². The first-order valence-corrected chi connectivity index (χ1v) is 8.76. The Kier molecular flexibility index (Phi) is 3.40. The van der Waals surface area contributed by atoms with Gasteiger partial charge in [0.05, 0.1) is 17.6 Å². The maximum Gasteiger partial charge on any atom is 0.0776 e. The number of nitrogens with zero attached hydrogens (tertiary/aromatic N) is 2. The second-order valence-corrected chi connectivity index (χ2v) is 8.01. The van der Waals surface area contributed by atoms with E-state index in [0.717, 1.165) is 21.6 Å². The largest absolute Gasteiger partial charge is 0.233 e. The maximum atomic E-state index is 6.02. The molecule has 4 rings (SSSR count). The van der Waals surface area contributed by atoms with E-state index in [-0.39, 0.29) is 5.41 Å². The fourth-order valence-corrected chi connectivity index (χ4v) is 3.94. The van der Waals surface area contributed by atoms with Crippen molar-refractivity contribution in [3.8, 4) is 16.9 Å². The quantitative estimate of drug-likeness (QED) is 0.517. The van der Waals surface area contributed by atoms with Crippen molar-refractivity contribution >= 4 is 27.5 Å². The first-order valence-electron chi connectivity index (χ1n) is 7.59. The van der Waals surface area contributed by atoms with Gasteiger partial charge in [0.1, 0.15) is 0 Å². The molecule has 0 unspecified atom stereocenters. The van der Waals surface area contributed by atoms with Gasteiger partial charge >= 0.3 is 0 Å². The molecule has 0 fully saturated rings. The Hall–Kier alpha value is -1.58. The first-order chi connectivity index (χ1) is 11.0. The molecule has 0 saturated carbocycles. The molecule has 23 heavy (non-hydrogen) atoms. The molecule has 0 spiro atoms. The molecular weight excluding hydrogens is 372 g/mol. The molecule has 4 heteroatoms. The SMILES string of the molecule is CC1(C)Cc2cnn(-c3ccc(Cl)cc3)c2-c2cc(Br)ccc21. The molecule has 0 atom stereocenters. The van der Waals surface area contributed by atoms with Gasteiger partial charge in [0, 0.05) is 15.1 Å². The first kappa shape index (κ1) is 15.0. The van der Waals surface area contributed by atoms with Crippen LogP contribution in [0.5, 0.6) is 0 Å². The van der Waals surface area contributed by atoms with E-state index in [1.54, 1.807) is 0 Å². The van der Waals surface area contributed by atoms with Crippen LogP contribution in [0.2, 0.25) is 5.02 Å². The molecule has 0 bridgehead atoms. The van der Waals surface area contributed by atoms with Gasteiger partial charge in [-0.1, -0.05) is 47.4 Å². The van der Waals surface area contributed by atoms with Crippen LogP contribution in [0.15, 0.2) is 53.1 Å². The lowest BCUT2D eigenvalue weighted by Crippen LogP contribution is -2.25. The third-order valence-corrected chi connectivity index (χ3v) is 5.26. The predicted octanol–water partition coefficient (Wildman–Crippen LogP) is 5.79. The average molecular weight is 388 g/mol. The Bertz CT molecular complexity index is 894. The lowest BCUT2D eigenvalue weighted by molar-refractivity contribution is 0.516. The normalized spacial score (nSPS) is 15.1. The van der Waals surface area contributed by atoms with Crippen molar-refractivity contribution < 1.29 is 0 Å². The van der Waals surface area contributed by atoms with Crippen LogP contribution in [0, 0.1) is 0 Å². The Morgan fingerprint density at radius 2 is 1.87 bits per heavy atom. The fraction of sp³-hybridized carbons (Fsp3) is 0.211. The summed E-state index contributed by atoms with van der Waals surface area (Å²) in [5, 5.41) is 5.39. The van der Waals surface area contributed by atoms with Gasteiger partial charge in [-0.05, 0) is 59.4 Å². The number of hydrogen-bond acceptors (Lipinski definition) is 1. The lowest BCUT2D eigenvalue weighted by atomic mass is 9.72. The molecule has 0 radical (unpaired) electrons. The molecule has 2 nitrogen and oxygen atoms in total. The van der Waals surface area contributed by atoms with Crippen molar-refractivity contribution in [1.82, 2.24) is 9.78 Å². The zero-order chi connectivity index (χ0) is 16.2. The molecule has 2 aromatic carbocycles. The smallest absolute Gasteiger partial charge is 0.0776 e. The number of benzene rings is 2. The van der Waals surface area contributed by atoms with Crippen molar-refractivity contribution in [1.29, 1.82) is 0 Å². The van der Waals surface area contributed by atoms with Gasteiger partial charge in [0.25, 0.3) is 0 Å². The highest BCUT2D eigenvalue weighted by Crippen LogP contribution is 2.44. The highest BCUT2D eigenvalue weighted by molar-refractivity contribution is 9.10. The number of rotatable bonds is 1. The minimum absolute atomic E-state index is 0.108. The zero-order valence-electron chi connectivity index (χ0n) is 13.0. The topological polar surface area (TPSA) is 17.8 Å². The van der Waals surface area contributed by atoms with Crippen LogP contribution in [0.25, 0.3) is 16.9 Å². The van der Waals surface area contributed by atoms with Crippen LogP contribution in [-0.2, 0) is 11.8 Å². The van der Waals surface area contributed by atoms with Crippen molar-refractivity contribution in [3.63, 3.8) is 0 Å². The van der Waals surface area contributed by atoms with Gasteiger partial charge < -0.3 is 0 Å². The Balaban J connectivity index is 1.98. The summed E-state index contributed by atoms with van der Waals surface area (Å²) >= 11 is 9.63. The third-order valence-electron chi connectivity index (χ3n) is 4.51. The monoisotopic (exact) mass is 386 g/mol. The van der Waals surface area contributed by atoms with Crippen LogP contribution in [0.4, 0.5) is 0 Å². The lowest BCUT2D eigenvalue weighted by Gasteiger charge is -2.33. The maximum absolute atomic E-state index is 6.02. The van der Waals surface area contributed by atoms with Gasteiger partial charge in [0.15, 0.2) is 0 Å². The molecule has 0 N–H and O–H groups in total. The van der Waals surface area contributed by atoms with Crippen LogP contribution < -0.4 is 0 Å². The van der Waals surface area contributed by atoms with Crippen molar-refractivity contribution in [3.05, 3.63) is 69.3 Å². The Morgan fingerprint density at radius 3 is 2.61 bits per heavy atom. The summed E-state index contributed by atoms with van der Waals surface area (Å²) in [7, 11) is 0. The van der Waals surface area contributed by atoms with Crippen LogP contribution in [0.3, 0.4) is 0 Å². The van der Waals surface area contributed by atoms with E-state index in [0.29, 0.717) is 0 Å². The van der Waals surface area contributed by atoms with E-state index in [4.69, 9.17) is 11.6 Å². The zero-order valence-corrected chi connectivity index (χ0v) is 15.3. The number of aromatic nitrogens is 2. The Labute approximate surface area is 149 Å². The summed E-state index contributed by atoms with van der Waals surface area (Å²) in [6.07, 6.45) is 2.99. The third kappa shape index (κ3) is 2.43. The van der Waals surface area contributed by atoms with Gasteiger partial charge in [-0.2, -0.15) is 5.10 Å². The van der Waals surface area contributed by atoms with E-state index >= 15 is 0 Å². The van der Waals surface area contributed by atoms with E-state index in [1.807, 2.05) is 35.1 Å². The van der Waals surface area contributed by atoms with Crippen molar-refractivity contribution in [2.24, 2.45) is 0 Å². The van der Waals surface area contributed by atoms with E-state index in [9.17, 15) is 0 Å². The standard InChI is InChI=1S/C19H16BrClN2/c1-19(2)10-12-11-22-23(15-6-4-14(21)5-7-15)18(12)16-9-13(20)3-8-17(16)19/h3-9,11H,10H2,1-2H3. The molecule has 0 amide bonds. The van der Waals surface area contributed by atoms with E-state index < -0.39 is 0 Å². The van der Waals surface area contributed by atoms with Crippen molar-refractivity contribution in [2.45, 2.75) is 25.7 Å². The molecule has 3 aromatic rings. The number of halogens is 2. The summed E-state index contributed by atoms with van der Waals surface area (Å²) in [6.45, 7) is 4.59. The molecular formula is C19H16BrClN2. The second-order valence-electron chi connectivity index (χ2n) is 6.66. The predicted molar refractivity (Wildman–Crippen MR) is 98.4 cm³/mol. The minimum Gasteiger partial charge on any atom is -0.233 e. The Morgan fingerprint density at radius 1 is 1.13 bits per heavy atom. The number of hydrogen-bond donors (Lipinski definition) is 0. The summed E-state index contributed by atoms with van der Waals surface area (Å²) in [5.74, 6) is 0. The molecule has 0 aliphatic heterocycles. The van der Waals surface area contributed by atoms with Gasteiger partial charge in [-0.3, -0.25) is 0 Å². The molecule has 1 aromatic heterocycles. The summed E-state index contributed by atoms with van der Waals surface area (Å²) in [4.78, 5) is 0. The van der Waals surface area contributed by atoms with Crippen molar-refractivity contribution in [2.75, 3.05) is 0 Å². The van der Waals surface area contributed by atoms with E-state index in [1.165, 1.54) is 22.4 Å². The molecule has 0 saturated heterocycles. The van der Waals surface area contributed by atoms with Gasteiger partial charge in [-0.25, -0.2) is 4.68 Å². The number of fused-ring (bicyclic) bond motifs is 3. The van der Waals surface area contributed by atoms with E-state index in [2.05, 4.69) is 53.1 Å². The fourth-order valence-electron chi connectivity index (χ4n) is 3.45. The molecule has 116 valence electrons. The molecule has 1 heterocycles. The summed E-state index contributed by atoms with van der Waals surface area (Å²) < 4.78 is 3.11. The van der Waals surface area contributed by atoms with Crippen LogP contribution in [-0.4, -0.2) is 9.78 Å². The van der Waals surface area contributed by atoms with Crippen LogP contribution >= 0.6 is 27.5 Å². The average Bonchev–Trinajstić information content (AvgIpc) is 2.90. The van der Waals surface area contributed by atoms with Crippen LogP contribution in [0.1, 0.15) is 25.0 Å².